The van der Waals surface area contributed by atoms with E-state index in [1.54, 1.807) is 0 Å². The Balaban J connectivity index is 0.909. The molecule has 0 N–H and O–H groups in total. The summed E-state index contributed by atoms with van der Waals surface area (Å²) in [7, 11) is 0. The second kappa shape index (κ2) is 17.8. The number of furan rings is 1. The summed E-state index contributed by atoms with van der Waals surface area (Å²) >= 11 is 0. The smallest absolute Gasteiger partial charge is 0.137 e. The molecule has 0 saturated heterocycles. The second-order valence-corrected chi connectivity index (χ2v) is 19.6. The summed E-state index contributed by atoms with van der Waals surface area (Å²) in [4.78, 5) is 4.72. The van der Waals surface area contributed by atoms with Gasteiger partial charge in [-0.2, -0.15) is 0 Å². The van der Waals surface area contributed by atoms with Gasteiger partial charge in [-0.25, -0.2) is 0 Å². The van der Waals surface area contributed by atoms with Crippen molar-refractivity contribution in [2.45, 2.75) is 0 Å². The lowest BCUT2D eigenvalue weighted by Gasteiger charge is -2.26. The highest BCUT2D eigenvalue weighted by Gasteiger charge is 2.22. The summed E-state index contributed by atoms with van der Waals surface area (Å²) < 4.78 is 8.86. The number of rotatable bonds is 9. The zero-order chi connectivity index (χ0) is 50.1. The Bertz CT molecular complexity index is 4640. The molecule has 0 aliphatic heterocycles. The first-order chi connectivity index (χ1) is 37.7. The topological polar surface area (TPSA) is 24.6 Å². The molecular formula is C72H47N3O. The van der Waals surface area contributed by atoms with Crippen molar-refractivity contribution in [3.63, 3.8) is 0 Å². The van der Waals surface area contributed by atoms with E-state index in [-0.39, 0.29) is 0 Å². The van der Waals surface area contributed by atoms with E-state index in [0.29, 0.717) is 0 Å². The maximum atomic E-state index is 6.39. The molecule has 0 aliphatic carbocycles. The third kappa shape index (κ3) is 7.14. The van der Waals surface area contributed by atoms with E-state index in [9.17, 15) is 0 Å². The lowest BCUT2D eigenvalue weighted by Crippen LogP contribution is -2.10. The van der Waals surface area contributed by atoms with Gasteiger partial charge in [0.2, 0.25) is 0 Å². The van der Waals surface area contributed by atoms with E-state index < -0.39 is 0 Å². The van der Waals surface area contributed by atoms with Crippen molar-refractivity contribution < 1.29 is 4.42 Å². The molecule has 356 valence electrons. The van der Waals surface area contributed by atoms with Crippen LogP contribution in [0.3, 0.4) is 0 Å². The highest BCUT2D eigenvalue weighted by molar-refractivity contribution is 6.26. The maximum Gasteiger partial charge on any atom is 0.137 e. The summed E-state index contributed by atoms with van der Waals surface area (Å²) in [5.41, 5.74) is 16.3. The van der Waals surface area contributed by atoms with E-state index in [1.807, 2.05) is 12.1 Å². The van der Waals surface area contributed by atoms with Crippen LogP contribution in [0.4, 0.5) is 34.1 Å². The third-order valence-corrected chi connectivity index (χ3v) is 15.3. The third-order valence-electron chi connectivity index (χ3n) is 15.3. The first kappa shape index (κ1) is 43.4. The van der Waals surface area contributed by atoms with Gasteiger partial charge in [0, 0.05) is 50.3 Å². The number of aromatic nitrogens is 1. The van der Waals surface area contributed by atoms with Crippen molar-refractivity contribution in [1.29, 1.82) is 0 Å². The Morgan fingerprint density at radius 3 is 1.36 bits per heavy atom. The standard InChI is InChI=1S/C72H47N3O/c1-4-17-48(18-5-1)49-31-36-54(37-32-49)73(52-19-6-2-7-20-52)56-41-44-68-66(47-56)65-45-51(35-43-67(65)75(68)57-40-42-62-60-25-11-10-23-58(60)59-24-12-13-26-61(59)64(62)46-57)50-33-38-55(39-34-50)74(53-21-8-3-9-22-53)69-28-16-30-71-72(69)63-27-14-15-29-70(63)76-71/h1-47H. The Morgan fingerprint density at radius 2 is 0.697 bits per heavy atom. The van der Waals surface area contributed by atoms with Crippen molar-refractivity contribution >= 4 is 110 Å². The maximum absolute atomic E-state index is 6.39. The molecule has 0 atom stereocenters. The molecule has 0 unspecified atom stereocenters. The van der Waals surface area contributed by atoms with Crippen LogP contribution < -0.4 is 9.80 Å². The SMILES string of the molecule is c1ccc(-c2ccc(N(c3ccccc3)c3ccc4c(c3)c3cc(-c5ccc(N(c6ccccc6)c6cccc7oc8ccccc8c67)cc5)ccc3n4-c3ccc4c5ccccc5c5ccccc5c4c3)cc2)cc1. The summed E-state index contributed by atoms with van der Waals surface area (Å²) in [5, 5.41) is 12.1. The second-order valence-electron chi connectivity index (χ2n) is 19.6. The van der Waals surface area contributed by atoms with Gasteiger partial charge in [0.1, 0.15) is 11.2 Å². The van der Waals surface area contributed by atoms with Crippen LogP contribution in [0, 0.1) is 0 Å². The van der Waals surface area contributed by atoms with Crippen LogP contribution in [0.25, 0.3) is 104 Å². The van der Waals surface area contributed by atoms with Crippen molar-refractivity contribution in [2.24, 2.45) is 0 Å². The molecule has 4 nitrogen and oxygen atoms in total. The molecule has 0 bridgehead atoms. The van der Waals surface area contributed by atoms with Crippen LogP contribution in [0.15, 0.2) is 290 Å². The minimum Gasteiger partial charge on any atom is -0.456 e. The van der Waals surface area contributed by atoms with Crippen LogP contribution in [-0.2, 0) is 0 Å². The molecule has 76 heavy (non-hydrogen) atoms. The van der Waals surface area contributed by atoms with Gasteiger partial charge in [-0.1, -0.05) is 176 Å². The Morgan fingerprint density at radius 1 is 0.250 bits per heavy atom. The van der Waals surface area contributed by atoms with Gasteiger partial charge in [-0.15, -0.1) is 0 Å². The van der Waals surface area contributed by atoms with Gasteiger partial charge >= 0.3 is 0 Å². The predicted molar refractivity (Wildman–Crippen MR) is 321 cm³/mol. The molecule has 0 spiro atoms. The molecule has 13 aromatic carbocycles. The van der Waals surface area contributed by atoms with E-state index in [2.05, 4.69) is 287 Å². The number of hydrogen-bond acceptors (Lipinski definition) is 3. The highest BCUT2D eigenvalue weighted by Crippen LogP contribution is 2.46. The van der Waals surface area contributed by atoms with Crippen LogP contribution in [0.1, 0.15) is 0 Å². The van der Waals surface area contributed by atoms with Crippen LogP contribution >= 0.6 is 0 Å². The van der Waals surface area contributed by atoms with Gasteiger partial charge in [0.15, 0.2) is 0 Å². The fourth-order valence-electron chi connectivity index (χ4n) is 11.9. The van der Waals surface area contributed by atoms with Crippen LogP contribution in [-0.4, -0.2) is 4.57 Å². The lowest BCUT2D eigenvalue weighted by molar-refractivity contribution is 0.669. The number of nitrogens with zero attached hydrogens (tertiary/aromatic N) is 3. The minimum atomic E-state index is 0.866. The van der Waals surface area contributed by atoms with E-state index in [0.717, 1.165) is 83.9 Å². The Hall–Kier alpha value is -10.2. The average molecular weight is 970 g/mol. The van der Waals surface area contributed by atoms with Crippen molar-refractivity contribution in [1.82, 2.24) is 4.57 Å². The molecule has 0 fully saturated rings. The molecule has 15 rings (SSSR count). The van der Waals surface area contributed by atoms with Gasteiger partial charge in [-0.05, 0) is 164 Å². The number of para-hydroxylation sites is 3. The molecule has 2 aromatic heterocycles. The largest absolute Gasteiger partial charge is 0.456 e. The molecule has 0 aliphatic rings. The van der Waals surface area contributed by atoms with Gasteiger partial charge < -0.3 is 18.8 Å². The normalized spacial score (nSPS) is 11.7. The molecule has 0 radical (unpaired) electrons. The number of hydrogen-bond donors (Lipinski definition) is 0. The van der Waals surface area contributed by atoms with Crippen molar-refractivity contribution in [3.05, 3.63) is 285 Å². The minimum absolute atomic E-state index is 0.866. The average Bonchev–Trinajstić information content (AvgIpc) is 4.11. The summed E-state index contributed by atoms with van der Waals surface area (Å²) in [6.45, 7) is 0. The highest BCUT2D eigenvalue weighted by atomic mass is 16.3. The van der Waals surface area contributed by atoms with E-state index >= 15 is 0 Å². The summed E-state index contributed by atoms with van der Waals surface area (Å²) in [6.07, 6.45) is 0. The lowest BCUT2D eigenvalue weighted by atomic mass is 9.94. The van der Waals surface area contributed by atoms with Gasteiger partial charge in [0.25, 0.3) is 0 Å². The monoisotopic (exact) mass is 969 g/mol. The molecule has 0 amide bonds. The fraction of sp³-hybridized carbons (Fsp3) is 0. The van der Waals surface area contributed by atoms with Gasteiger partial charge in [0.05, 0.1) is 22.1 Å². The van der Waals surface area contributed by atoms with Crippen molar-refractivity contribution in [2.75, 3.05) is 9.80 Å². The zero-order valence-electron chi connectivity index (χ0n) is 41.4. The number of fused-ring (bicyclic) bond motifs is 12. The number of benzene rings is 13. The van der Waals surface area contributed by atoms with E-state index in [1.165, 1.54) is 54.2 Å². The quantitative estimate of drug-likeness (QED) is 0.135. The van der Waals surface area contributed by atoms with Crippen LogP contribution in [0.2, 0.25) is 0 Å². The Kier molecular flexibility index (Phi) is 10.2. The van der Waals surface area contributed by atoms with Crippen molar-refractivity contribution in [3.8, 4) is 27.9 Å². The fourth-order valence-corrected chi connectivity index (χ4v) is 11.9. The van der Waals surface area contributed by atoms with Gasteiger partial charge in [-0.3, -0.25) is 0 Å². The zero-order valence-corrected chi connectivity index (χ0v) is 41.4. The summed E-state index contributed by atoms with van der Waals surface area (Å²) in [6, 6.07) is 103. The molecule has 4 heteroatoms. The first-order valence-corrected chi connectivity index (χ1v) is 26.0. The molecular weight excluding hydrogens is 923 g/mol. The number of anilines is 6. The van der Waals surface area contributed by atoms with Crippen LogP contribution in [0.5, 0.6) is 0 Å². The first-order valence-electron chi connectivity index (χ1n) is 26.0. The summed E-state index contributed by atoms with van der Waals surface area (Å²) in [5.74, 6) is 0. The molecule has 15 aromatic rings. The molecule has 0 saturated carbocycles. The molecule has 2 heterocycles. The predicted octanol–water partition coefficient (Wildman–Crippen LogP) is 20.4. The van der Waals surface area contributed by atoms with E-state index in [4.69, 9.17) is 4.42 Å². The Labute approximate surface area is 439 Å².